The van der Waals surface area contributed by atoms with Crippen molar-refractivity contribution in [3.8, 4) is 0 Å². The third-order valence-corrected chi connectivity index (χ3v) is 5.98. The van der Waals surface area contributed by atoms with Crippen molar-refractivity contribution in [3.05, 3.63) is 58.0 Å². The van der Waals surface area contributed by atoms with Gasteiger partial charge < -0.3 is 15.3 Å². The second-order valence-electron chi connectivity index (χ2n) is 6.32. The van der Waals surface area contributed by atoms with Crippen molar-refractivity contribution in [1.29, 1.82) is 0 Å². The number of nitrogens with zero attached hydrogens (tertiary/aromatic N) is 2. The van der Waals surface area contributed by atoms with Crippen molar-refractivity contribution in [2.75, 3.05) is 11.9 Å². The summed E-state index contributed by atoms with van der Waals surface area (Å²) in [6.07, 6.45) is 2.72. The Morgan fingerprint density at radius 2 is 2.32 bits per heavy atom. The number of aliphatic hydroxyl groups is 1. The lowest BCUT2D eigenvalue weighted by molar-refractivity contribution is 0.169. The Morgan fingerprint density at radius 1 is 1.44 bits per heavy atom. The van der Waals surface area contributed by atoms with Crippen LogP contribution in [0.5, 0.6) is 0 Å². The fourth-order valence-electron chi connectivity index (χ4n) is 3.29. The lowest BCUT2D eigenvalue weighted by Crippen LogP contribution is -2.47. The maximum Gasteiger partial charge on any atom is 0.174 e. The standard InChI is InChI=1S/C19H19N3OS2/c1-12-7-16-13(9-20-12)3-2-4-17(16)21-19(24)22-10-14-5-6-25-18(14)8-15(22)11-23/h2-7,9,15,23H,8,10-11H2,1H3,(H,21,24)/t15-/m0/s1. The maximum absolute atomic E-state index is 9.81. The molecule has 0 saturated carbocycles. The number of aromatic nitrogens is 1. The third-order valence-electron chi connectivity index (χ3n) is 4.65. The number of anilines is 1. The number of aryl methyl sites for hydroxylation is 1. The number of nitrogens with one attached hydrogen (secondary N) is 1. The zero-order valence-corrected chi connectivity index (χ0v) is 15.5. The fraction of sp³-hybridized carbons (Fsp3) is 0.263. The van der Waals surface area contributed by atoms with E-state index in [1.165, 1.54) is 10.4 Å². The molecule has 1 aliphatic rings. The van der Waals surface area contributed by atoms with Crippen LogP contribution in [0.3, 0.4) is 0 Å². The van der Waals surface area contributed by atoms with Gasteiger partial charge in [-0.25, -0.2) is 0 Å². The first-order chi connectivity index (χ1) is 12.2. The largest absolute Gasteiger partial charge is 0.394 e. The maximum atomic E-state index is 9.81. The van der Waals surface area contributed by atoms with Crippen LogP contribution in [0.25, 0.3) is 10.8 Å². The number of pyridine rings is 1. The van der Waals surface area contributed by atoms with Crippen molar-refractivity contribution in [1.82, 2.24) is 9.88 Å². The van der Waals surface area contributed by atoms with Gasteiger partial charge in [0.1, 0.15) is 0 Å². The Balaban J connectivity index is 1.63. The van der Waals surface area contributed by atoms with E-state index < -0.39 is 0 Å². The monoisotopic (exact) mass is 369 g/mol. The highest BCUT2D eigenvalue weighted by atomic mass is 32.1. The Kier molecular flexibility index (Phi) is 4.41. The molecule has 3 heterocycles. The van der Waals surface area contributed by atoms with Gasteiger partial charge in [0.2, 0.25) is 0 Å². The number of aliphatic hydroxyl groups excluding tert-OH is 1. The normalized spacial score (nSPS) is 16.7. The molecule has 0 unspecified atom stereocenters. The Morgan fingerprint density at radius 3 is 3.16 bits per heavy atom. The van der Waals surface area contributed by atoms with Crippen LogP contribution >= 0.6 is 23.6 Å². The lowest BCUT2D eigenvalue weighted by atomic mass is 10.0. The Hall–Kier alpha value is -2.02. The van der Waals surface area contributed by atoms with E-state index in [1.54, 1.807) is 11.3 Å². The summed E-state index contributed by atoms with van der Waals surface area (Å²) in [7, 11) is 0. The molecule has 0 fully saturated rings. The van der Waals surface area contributed by atoms with Crippen molar-refractivity contribution >= 4 is 45.1 Å². The third kappa shape index (κ3) is 3.13. The van der Waals surface area contributed by atoms with Crippen LogP contribution in [-0.4, -0.2) is 32.8 Å². The van der Waals surface area contributed by atoms with Gasteiger partial charge in [-0.15, -0.1) is 11.3 Å². The van der Waals surface area contributed by atoms with E-state index in [1.807, 2.05) is 31.3 Å². The smallest absolute Gasteiger partial charge is 0.174 e. The molecule has 0 bridgehead atoms. The van der Waals surface area contributed by atoms with Crippen LogP contribution in [0.4, 0.5) is 5.69 Å². The zero-order chi connectivity index (χ0) is 17.4. The van der Waals surface area contributed by atoms with Gasteiger partial charge in [0.15, 0.2) is 5.11 Å². The van der Waals surface area contributed by atoms with Crippen LogP contribution in [0, 0.1) is 6.92 Å². The van der Waals surface area contributed by atoms with Gasteiger partial charge in [0.05, 0.1) is 12.6 Å². The first-order valence-corrected chi connectivity index (χ1v) is 9.53. The topological polar surface area (TPSA) is 48.4 Å². The van der Waals surface area contributed by atoms with Gasteiger partial charge in [0.25, 0.3) is 0 Å². The number of hydrogen-bond donors (Lipinski definition) is 2. The molecule has 1 aromatic carbocycles. The molecule has 0 radical (unpaired) electrons. The number of rotatable bonds is 2. The number of hydrogen-bond acceptors (Lipinski definition) is 4. The molecule has 128 valence electrons. The number of thiophene rings is 1. The average Bonchev–Trinajstić information content (AvgIpc) is 3.08. The highest BCUT2D eigenvalue weighted by molar-refractivity contribution is 7.80. The van der Waals surface area contributed by atoms with Crippen LogP contribution < -0.4 is 5.32 Å². The summed E-state index contributed by atoms with van der Waals surface area (Å²) in [5.41, 5.74) is 3.25. The van der Waals surface area contributed by atoms with Gasteiger partial charge in [-0.1, -0.05) is 12.1 Å². The molecular formula is C19H19N3OS2. The highest BCUT2D eigenvalue weighted by Crippen LogP contribution is 2.29. The molecule has 25 heavy (non-hydrogen) atoms. The first-order valence-electron chi connectivity index (χ1n) is 8.25. The number of benzene rings is 1. The molecule has 0 amide bonds. The van der Waals surface area contributed by atoms with Crippen molar-refractivity contribution in [2.45, 2.75) is 25.9 Å². The Labute approximate surface area is 156 Å². The molecule has 0 saturated heterocycles. The minimum absolute atomic E-state index is 0.0181. The van der Waals surface area contributed by atoms with Gasteiger partial charge in [-0.2, -0.15) is 0 Å². The fourth-order valence-corrected chi connectivity index (χ4v) is 4.59. The molecule has 6 heteroatoms. The summed E-state index contributed by atoms with van der Waals surface area (Å²) < 4.78 is 0. The zero-order valence-electron chi connectivity index (χ0n) is 13.9. The quantitative estimate of drug-likeness (QED) is 0.674. The summed E-state index contributed by atoms with van der Waals surface area (Å²) >= 11 is 7.45. The number of fused-ring (bicyclic) bond motifs is 2. The molecule has 0 spiro atoms. The van der Waals surface area contributed by atoms with E-state index in [2.05, 4.69) is 32.7 Å². The molecule has 2 N–H and O–H groups in total. The summed E-state index contributed by atoms with van der Waals surface area (Å²) in [5.74, 6) is 0. The molecule has 4 rings (SSSR count). The van der Waals surface area contributed by atoms with Crippen LogP contribution in [0.15, 0.2) is 41.9 Å². The van der Waals surface area contributed by atoms with E-state index in [4.69, 9.17) is 12.2 Å². The summed E-state index contributed by atoms with van der Waals surface area (Å²) in [5, 5.41) is 18.1. The van der Waals surface area contributed by atoms with Crippen molar-refractivity contribution < 1.29 is 5.11 Å². The van der Waals surface area contributed by atoms with E-state index >= 15 is 0 Å². The van der Waals surface area contributed by atoms with E-state index in [0.29, 0.717) is 5.11 Å². The number of thiocarbonyl (C=S) groups is 1. The molecule has 3 aromatic rings. The molecule has 1 aliphatic heterocycles. The van der Waals surface area contributed by atoms with Gasteiger partial charge in [-0.3, -0.25) is 4.98 Å². The average molecular weight is 370 g/mol. The molecule has 4 nitrogen and oxygen atoms in total. The highest BCUT2D eigenvalue weighted by Gasteiger charge is 2.28. The summed E-state index contributed by atoms with van der Waals surface area (Å²) in [6, 6.07) is 10.3. The summed E-state index contributed by atoms with van der Waals surface area (Å²) in [4.78, 5) is 7.81. The van der Waals surface area contributed by atoms with Gasteiger partial charge in [0, 0.05) is 46.2 Å². The van der Waals surface area contributed by atoms with Crippen molar-refractivity contribution in [2.24, 2.45) is 0 Å². The molecule has 2 aromatic heterocycles. The summed E-state index contributed by atoms with van der Waals surface area (Å²) in [6.45, 7) is 2.82. The first kappa shape index (κ1) is 16.4. The minimum Gasteiger partial charge on any atom is -0.394 e. The van der Waals surface area contributed by atoms with Crippen LogP contribution in [0.2, 0.25) is 0 Å². The minimum atomic E-state index is 0.0181. The van der Waals surface area contributed by atoms with E-state index in [9.17, 15) is 5.11 Å². The second kappa shape index (κ2) is 6.71. The predicted molar refractivity (Wildman–Crippen MR) is 107 cm³/mol. The molecular weight excluding hydrogens is 350 g/mol. The van der Waals surface area contributed by atoms with Gasteiger partial charge >= 0.3 is 0 Å². The molecule has 1 atom stereocenters. The SMILES string of the molecule is Cc1cc2c(NC(=S)N3Cc4ccsc4C[C@H]3CO)cccc2cn1. The van der Waals surface area contributed by atoms with Crippen LogP contribution in [0.1, 0.15) is 16.1 Å². The van der Waals surface area contributed by atoms with E-state index in [-0.39, 0.29) is 12.6 Å². The van der Waals surface area contributed by atoms with E-state index in [0.717, 1.165) is 35.1 Å². The van der Waals surface area contributed by atoms with Crippen LogP contribution in [-0.2, 0) is 13.0 Å². The second-order valence-corrected chi connectivity index (χ2v) is 7.71. The van der Waals surface area contributed by atoms with Crippen molar-refractivity contribution in [3.63, 3.8) is 0 Å². The lowest BCUT2D eigenvalue weighted by Gasteiger charge is -2.36. The predicted octanol–water partition coefficient (Wildman–Crippen LogP) is 3.72. The van der Waals surface area contributed by atoms with Gasteiger partial charge in [-0.05, 0) is 48.3 Å². The molecule has 0 aliphatic carbocycles. The Bertz CT molecular complexity index is 937.